The third kappa shape index (κ3) is 3.92. The van der Waals surface area contributed by atoms with Crippen LogP contribution in [-0.4, -0.2) is 53.7 Å². The van der Waals surface area contributed by atoms with E-state index in [4.69, 9.17) is 4.98 Å². The minimum absolute atomic E-state index is 0.0446. The summed E-state index contributed by atoms with van der Waals surface area (Å²) in [5.41, 5.74) is 2.47. The maximum Gasteiger partial charge on any atom is 0.389 e. The van der Waals surface area contributed by atoms with E-state index in [1.807, 2.05) is 28.8 Å². The summed E-state index contributed by atoms with van der Waals surface area (Å²) < 4.78 is 65.5. The molecule has 3 aliphatic rings. The molecule has 1 fully saturated rings. The molecule has 3 heterocycles. The Bertz CT molecular complexity index is 1230. The van der Waals surface area contributed by atoms with Crippen LogP contribution in [0.4, 0.5) is 18.9 Å². The molecule has 1 saturated heterocycles. The van der Waals surface area contributed by atoms with Crippen molar-refractivity contribution in [2.24, 2.45) is 0 Å². The minimum Gasteiger partial charge on any atom is -0.330 e. The van der Waals surface area contributed by atoms with Gasteiger partial charge in [-0.2, -0.15) is 17.5 Å². The number of aromatic nitrogens is 2. The van der Waals surface area contributed by atoms with E-state index in [0.717, 1.165) is 48.9 Å². The van der Waals surface area contributed by atoms with Crippen molar-refractivity contribution in [1.82, 2.24) is 13.9 Å². The number of alkyl halides is 3. The maximum absolute atomic E-state index is 13.7. The molecule has 34 heavy (non-hydrogen) atoms. The SMILES string of the molecule is CS(=O)(=O)N1CC2(C1)C(=O)N(Cc1nc3c(n1CCCC(F)(F)F)CCCC3)c1ccccc12. The Labute approximate surface area is 196 Å². The van der Waals surface area contributed by atoms with Gasteiger partial charge in [0.1, 0.15) is 11.2 Å². The highest BCUT2D eigenvalue weighted by Crippen LogP contribution is 2.48. The molecule has 2 aliphatic heterocycles. The van der Waals surface area contributed by atoms with E-state index in [1.54, 1.807) is 4.90 Å². The van der Waals surface area contributed by atoms with Crippen molar-refractivity contribution < 1.29 is 26.4 Å². The molecule has 1 aliphatic carbocycles. The Morgan fingerprint density at radius 1 is 1.12 bits per heavy atom. The van der Waals surface area contributed by atoms with Crippen LogP contribution in [0.15, 0.2) is 24.3 Å². The maximum atomic E-state index is 13.7. The van der Waals surface area contributed by atoms with Crippen molar-refractivity contribution in [3.8, 4) is 0 Å². The van der Waals surface area contributed by atoms with Crippen LogP contribution in [0.3, 0.4) is 0 Å². The fourth-order valence-corrected chi connectivity index (χ4v) is 6.38. The van der Waals surface area contributed by atoms with Crippen LogP contribution in [0.25, 0.3) is 0 Å². The molecule has 0 bridgehead atoms. The molecular formula is C23H27F3N4O3S. The summed E-state index contributed by atoms with van der Waals surface area (Å²) in [5, 5.41) is 0. The zero-order valence-corrected chi connectivity index (χ0v) is 19.8. The first kappa shape index (κ1) is 23.3. The van der Waals surface area contributed by atoms with Crippen LogP contribution in [0.1, 0.15) is 48.5 Å². The molecular weight excluding hydrogens is 469 g/mol. The van der Waals surface area contributed by atoms with Crippen LogP contribution in [-0.2, 0) is 46.2 Å². The second kappa shape index (κ2) is 8.08. The molecule has 1 spiro atoms. The summed E-state index contributed by atoms with van der Waals surface area (Å²) in [6.07, 6.45) is -0.488. The number of hydrogen-bond donors (Lipinski definition) is 0. The molecule has 1 aromatic carbocycles. The lowest BCUT2D eigenvalue weighted by Gasteiger charge is -2.45. The van der Waals surface area contributed by atoms with Gasteiger partial charge in [-0.25, -0.2) is 13.4 Å². The number of halogens is 3. The van der Waals surface area contributed by atoms with Crippen LogP contribution < -0.4 is 4.90 Å². The van der Waals surface area contributed by atoms with Crippen LogP contribution in [0, 0.1) is 0 Å². The van der Waals surface area contributed by atoms with Crippen molar-refractivity contribution in [2.75, 3.05) is 24.2 Å². The van der Waals surface area contributed by atoms with Crippen molar-refractivity contribution in [3.05, 3.63) is 47.0 Å². The van der Waals surface area contributed by atoms with Crippen LogP contribution in [0.2, 0.25) is 0 Å². The monoisotopic (exact) mass is 496 g/mol. The van der Waals surface area contributed by atoms with Gasteiger partial charge >= 0.3 is 6.18 Å². The summed E-state index contributed by atoms with van der Waals surface area (Å²) in [7, 11) is -3.41. The number of nitrogens with zero attached hydrogens (tertiary/aromatic N) is 4. The summed E-state index contributed by atoms with van der Waals surface area (Å²) in [5.74, 6) is 0.407. The Morgan fingerprint density at radius 3 is 2.53 bits per heavy atom. The molecule has 5 rings (SSSR count). The van der Waals surface area contributed by atoms with E-state index in [-0.39, 0.29) is 38.5 Å². The fraction of sp³-hybridized carbons (Fsp3) is 0.565. The van der Waals surface area contributed by atoms with Gasteiger partial charge in [-0.05, 0) is 43.7 Å². The highest BCUT2D eigenvalue weighted by atomic mass is 32.2. The number of carbonyl (C=O) groups is 1. The predicted octanol–water partition coefficient (Wildman–Crippen LogP) is 3.16. The quantitative estimate of drug-likeness (QED) is 0.616. The first-order valence-corrected chi connectivity index (χ1v) is 13.3. The number of rotatable bonds is 6. The Balaban J connectivity index is 1.45. The molecule has 184 valence electrons. The normalized spacial score (nSPS) is 19.9. The molecule has 0 N–H and O–H groups in total. The lowest BCUT2D eigenvalue weighted by Crippen LogP contribution is -2.64. The number of amides is 1. The number of carbonyl (C=O) groups excluding carboxylic acids is 1. The largest absolute Gasteiger partial charge is 0.389 e. The lowest BCUT2D eigenvalue weighted by atomic mass is 9.76. The van der Waals surface area contributed by atoms with Crippen molar-refractivity contribution in [2.45, 2.75) is 63.2 Å². The number of anilines is 1. The summed E-state index contributed by atoms with van der Waals surface area (Å²) in [6, 6.07) is 7.35. The van der Waals surface area contributed by atoms with E-state index in [0.29, 0.717) is 11.5 Å². The van der Waals surface area contributed by atoms with Gasteiger partial charge in [0.05, 0.1) is 18.5 Å². The molecule has 7 nitrogen and oxygen atoms in total. The molecule has 11 heteroatoms. The van der Waals surface area contributed by atoms with Crippen LogP contribution in [0.5, 0.6) is 0 Å². The van der Waals surface area contributed by atoms with Gasteiger partial charge in [0, 0.05) is 37.4 Å². The molecule has 1 amide bonds. The second-order valence-corrected chi connectivity index (χ2v) is 11.5. The van der Waals surface area contributed by atoms with Gasteiger partial charge in [0.25, 0.3) is 0 Å². The van der Waals surface area contributed by atoms with Gasteiger partial charge in [-0.3, -0.25) is 4.79 Å². The highest BCUT2D eigenvalue weighted by Gasteiger charge is 2.60. The smallest absolute Gasteiger partial charge is 0.330 e. The van der Waals surface area contributed by atoms with Gasteiger partial charge in [0.2, 0.25) is 15.9 Å². The zero-order valence-electron chi connectivity index (χ0n) is 18.9. The lowest BCUT2D eigenvalue weighted by molar-refractivity contribution is -0.136. The standard InChI is InChI=1S/C23H27F3N4O3S/c1-34(32,33)28-14-22(15-28)16-7-2-4-9-18(16)30(21(22)31)13-20-27-17-8-3-5-10-19(17)29(20)12-6-11-23(24,25)26/h2,4,7,9H,3,5-6,8,10-15H2,1H3. The average molecular weight is 497 g/mol. The summed E-state index contributed by atoms with van der Waals surface area (Å²) >= 11 is 0. The Kier molecular flexibility index (Phi) is 5.55. The average Bonchev–Trinajstić information content (AvgIpc) is 3.19. The van der Waals surface area contributed by atoms with Gasteiger partial charge in [-0.1, -0.05) is 18.2 Å². The number of fused-ring (bicyclic) bond motifs is 3. The molecule has 0 atom stereocenters. The molecule has 0 unspecified atom stereocenters. The molecule has 1 aromatic heterocycles. The minimum atomic E-state index is -4.22. The van der Waals surface area contributed by atoms with Gasteiger partial charge in [-0.15, -0.1) is 0 Å². The van der Waals surface area contributed by atoms with Crippen molar-refractivity contribution in [1.29, 1.82) is 0 Å². The predicted molar refractivity (Wildman–Crippen MR) is 120 cm³/mol. The molecule has 0 radical (unpaired) electrons. The second-order valence-electron chi connectivity index (χ2n) is 9.52. The third-order valence-corrected chi connectivity index (χ3v) is 8.38. The Morgan fingerprint density at radius 2 is 1.82 bits per heavy atom. The number of benzene rings is 1. The van der Waals surface area contributed by atoms with E-state index in [9.17, 15) is 26.4 Å². The van der Waals surface area contributed by atoms with Gasteiger partial charge < -0.3 is 9.47 Å². The van der Waals surface area contributed by atoms with E-state index in [2.05, 4.69) is 0 Å². The van der Waals surface area contributed by atoms with Crippen molar-refractivity contribution >= 4 is 21.6 Å². The van der Waals surface area contributed by atoms with E-state index >= 15 is 0 Å². The first-order chi connectivity index (χ1) is 16.0. The summed E-state index contributed by atoms with van der Waals surface area (Å²) in [4.78, 5) is 20.1. The number of hydrogen-bond acceptors (Lipinski definition) is 4. The third-order valence-electron chi connectivity index (χ3n) is 7.18. The zero-order chi connectivity index (χ0) is 24.3. The topological polar surface area (TPSA) is 75.5 Å². The summed E-state index contributed by atoms with van der Waals surface area (Å²) in [6.45, 7) is 0.534. The van der Waals surface area contributed by atoms with E-state index in [1.165, 1.54) is 4.31 Å². The fourth-order valence-electron chi connectivity index (χ4n) is 5.47. The van der Waals surface area contributed by atoms with Crippen molar-refractivity contribution in [3.63, 3.8) is 0 Å². The molecule has 0 saturated carbocycles. The number of para-hydroxylation sites is 1. The Hall–Kier alpha value is -2.40. The number of imidazole rings is 1. The van der Waals surface area contributed by atoms with Gasteiger partial charge in [0.15, 0.2) is 0 Å². The number of aryl methyl sites for hydroxylation is 1. The molecule has 2 aromatic rings. The highest BCUT2D eigenvalue weighted by molar-refractivity contribution is 7.88. The van der Waals surface area contributed by atoms with Crippen LogP contribution >= 0.6 is 0 Å². The first-order valence-electron chi connectivity index (χ1n) is 11.5. The number of sulfonamides is 1. The van der Waals surface area contributed by atoms with E-state index < -0.39 is 28.0 Å².